The van der Waals surface area contributed by atoms with Crippen molar-refractivity contribution < 1.29 is 56.9 Å². The molecule has 0 aromatic heterocycles. The first kappa shape index (κ1) is 39.9. The molecular formula is C3CdN3Na. The van der Waals surface area contributed by atoms with Gasteiger partial charge in [0.15, 0.2) is 0 Å². The van der Waals surface area contributed by atoms with Crippen molar-refractivity contribution in [1.82, 2.24) is 0 Å². The van der Waals surface area contributed by atoms with Crippen molar-refractivity contribution in [3.8, 4) is 0 Å². The Bertz CT molecular complexity index is 43.0. The molecule has 0 spiro atoms. The molecular weight excluding hydrogens is 213 g/mol. The van der Waals surface area contributed by atoms with Crippen LogP contribution in [0.3, 0.4) is 0 Å². The molecule has 0 aromatic carbocycles. The maximum absolute atomic E-state index is 6.25. The third-order valence-electron chi connectivity index (χ3n) is 0. The quantitative estimate of drug-likeness (QED) is 0.324. The fourth-order valence-corrected chi connectivity index (χ4v) is 0. The van der Waals surface area contributed by atoms with E-state index in [-0.39, 0.29) is 56.9 Å². The van der Waals surface area contributed by atoms with Crippen LogP contribution in [0.15, 0.2) is 0 Å². The minimum atomic E-state index is 0. The van der Waals surface area contributed by atoms with Crippen LogP contribution in [0.1, 0.15) is 0 Å². The van der Waals surface area contributed by atoms with E-state index < -0.39 is 0 Å². The van der Waals surface area contributed by atoms with E-state index in [4.69, 9.17) is 35.5 Å². The maximum Gasteiger partial charge on any atom is 2.00 e. The van der Waals surface area contributed by atoms with Gasteiger partial charge in [-0.15, -0.1) is 0 Å². The van der Waals surface area contributed by atoms with Crippen molar-refractivity contribution in [3.05, 3.63) is 19.7 Å². The summed E-state index contributed by atoms with van der Waals surface area (Å²) in [5.74, 6) is 0. The Balaban J connectivity index is -0.00000000500. The van der Waals surface area contributed by atoms with Crippen LogP contribution in [-0.4, -0.2) is 0 Å². The average Bonchev–Trinajstić information content (AvgIpc) is 1.81. The predicted octanol–water partition coefficient (Wildman–Crippen LogP) is -2.71. The number of hydrogen-bond acceptors (Lipinski definition) is 3. The zero-order valence-corrected chi connectivity index (χ0v) is 10.6. The van der Waals surface area contributed by atoms with Crippen LogP contribution in [-0.2, 0) is 27.3 Å². The molecule has 0 bridgehead atoms. The van der Waals surface area contributed by atoms with Crippen molar-refractivity contribution in [1.29, 1.82) is 15.8 Å². The maximum atomic E-state index is 6.25. The molecule has 3 nitrogen and oxygen atoms in total. The predicted molar refractivity (Wildman–Crippen MR) is 14.9 cm³/mol. The Morgan fingerprint density at radius 1 is 0.625 bits per heavy atom. The smallest absolute Gasteiger partial charge is 0.512 e. The van der Waals surface area contributed by atoms with Gasteiger partial charge >= 0.3 is 56.9 Å². The molecule has 5 heteroatoms. The minimum Gasteiger partial charge on any atom is -0.512 e. The Hall–Kier alpha value is 0.392. The molecule has 0 aliphatic rings. The van der Waals surface area contributed by atoms with Gasteiger partial charge in [0.05, 0.1) is 0 Å². The fourth-order valence-electron chi connectivity index (χ4n) is 0. The van der Waals surface area contributed by atoms with Gasteiger partial charge in [0.2, 0.25) is 0 Å². The van der Waals surface area contributed by atoms with Crippen molar-refractivity contribution >= 4 is 0 Å². The Kier molecular flexibility index (Phi) is 9790. The normalized spacial score (nSPS) is 0.750. The summed E-state index contributed by atoms with van der Waals surface area (Å²) in [4.78, 5) is 0. The minimum absolute atomic E-state index is 0. The first-order valence-corrected chi connectivity index (χ1v) is 0.671. The van der Waals surface area contributed by atoms with E-state index in [1.807, 2.05) is 0 Å². The molecule has 0 N–H and O–H groups in total. The summed E-state index contributed by atoms with van der Waals surface area (Å²) in [6.07, 6.45) is 0. The summed E-state index contributed by atoms with van der Waals surface area (Å²) in [5, 5.41) is 18.8. The van der Waals surface area contributed by atoms with Crippen LogP contribution in [0.2, 0.25) is 0 Å². The van der Waals surface area contributed by atoms with Crippen LogP contribution in [0.4, 0.5) is 0 Å². The van der Waals surface area contributed by atoms with Gasteiger partial charge in [-0.2, -0.15) is 0 Å². The summed E-state index contributed by atoms with van der Waals surface area (Å²) in [6.45, 7) is 14.2. The molecule has 0 aromatic rings. The largest absolute Gasteiger partial charge is 2.00 e. The SMILES string of the molecule is [C-]#N.[C-]#N.[C-]#N.[Cd+2].[Na+]. The van der Waals surface area contributed by atoms with Gasteiger partial charge in [0, 0.05) is 0 Å². The fraction of sp³-hybridized carbons (Fsp3) is 0. The summed E-state index contributed by atoms with van der Waals surface area (Å²) < 4.78 is 0. The van der Waals surface area contributed by atoms with E-state index in [1.54, 1.807) is 0 Å². The van der Waals surface area contributed by atoms with Crippen LogP contribution >= 0.6 is 0 Å². The summed E-state index contributed by atoms with van der Waals surface area (Å²) in [5.41, 5.74) is 0. The molecule has 0 aliphatic carbocycles. The number of hydrogen-bond donors (Lipinski definition) is 0. The second kappa shape index (κ2) is 1960. The molecule has 0 saturated heterocycles. The van der Waals surface area contributed by atoms with Gasteiger partial charge in [-0.05, 0) is 0 Å². The van der Waals surface area contributed by atoms with E-state index in [0.29, 0.717) is 0 Å². The molecule has 0 aliphatic heterocycles. The molecule has 0 fully saturated rings. The molecule has 0 atom stereocenters. The van der Waals surface area contributed by atoms with Gasteiger partial charge in [0.25, 0.3) is 0 Å². The standard InChI is InChI=1S/3CN.Cd.Na/c3*1-2;;/q3*-1;+2;+1. The van der Waals surface area contributed by atoms with Crippen molar-refractivity contribution in [2.24, 2.45) is 0 Å². The van der Waals surface area contributed by atoms with Crippen molar-refractivity contribution in [3.63, 3.8) is 0 Å². The molecule has 0 heterocycles. The zero-order chi connectivity index (χ0) is 6.00. The van der Waals surface area contributed by atoms with Crippen LogP contribution < -0.4 is 29.6 Å². The first-order valence-electron chi connectivity index (χ1n) is 0.671. The third-order valence-corrected chi connectivity index (χ3v) is 0. The third kappa shape index (κ3) is 1210. The van der Waals surface area contributed by atoms with Gasteiger partial charge in [-0.1, -0.05) is 0 Å². The van der Waals surface area contributed by atoms with Crippen molar-refractivity contribution in [2.75, 3.05) is 0 Å². The van der Waals surface area contributed by atoms with Crippen LogP contribution in [0.25, 0.3) is 0 Å². The van der Waals surface area contributed by atoms with Gasteiger partial charge in [-0.3, -0.25) is 0 Å². The van der Waals surface area contributed by atoms with Gasteiger partial charge in [-0.25, -0.2) is 0 Å². The molecule has 0 amide bonds. The van der Waals surface area contributed by atoms with E-state index in [0.717, 1.165) is 0 Å². The second-order valence-corrected chi connectivity index (χ2v) is 0. The Morgan fingerprint density at radius 2 is 0.625 bits per heavy atom. The molecule has 0 saturated carbocycles. The van der Waals surface area contributed by atoms with Gasteiger partial charge < -0.3 is 35.5 Å². The molecule has 0 rings (SSSR count). The number of rotatable bonds is 0. The zero-order valence-electron chi connectivity index (χ0n) is 4.55. The Morgan fingerprint density at radius 3 is 0.625 bits per heavy atom. The molecule has 0 unspecified atom stereocenters. The Labute approximate surface area is 91.4 Å². The molecule has 0 radical (unpaired) electrons. The summed E-state index contributed by atoms with van der Waals surface area (Å²) in [6, 6.07) is 0. The summed E-state index contributed by atoms with van der Waals surface area (Å²) >= 11 is 0. The topological polar surface area (TPSA) is 71.4 Å². The monoisotopic (exact) mass is 215 g/mol. The van der Waals surface area contributed by atoms with E-state index >= 15 is 0 Å². The second-order valence-electron chi connectivity index (χ2n) is 0. The molecule has 8 heavy (non-hydrogen) atoms. The summed E-state index contributed by atoms with van der Waals surface area (Å²) in [7, 11) is 0. The first-order chi connectivity index (χ1) is 3.00. The van der Waals surface area contributed by atoms with E-state index in [9.17, 15) is 0 Å². The average molecular weight is 213 g/mol. The van der Waals surface area contributed by atoms with Crippen molar-refractivity contribution in [2.45, 2.75) is 0 Å². The van der Waals surface area contributed by atoms with Crippen LogP contribution in [0.5, 0.6) is 0 Å². The molecule has 30 valence electrons. The van der Waals surface area contributed by atoms with Crippen LogP contribution in [0, 0.1) is 35.5 Å². The van der Waals surface area contributed by atoms with Gasteiger partial charge in [0.1, 0.15) is 0 Å². The number of nitrogens with zero attached hydrogens (tertiary/aromatic N) is 3. The van der Waals surface area contributed by atoms with E-state index in [1.165, 1.54) is 0 Å². The van der Waals surface area contributed by atoms with E-state index in [2.05, 4.69) is 0 Å².